The summed E-state index contributed by atoms with van der Waals surface area (Å²) in [6, 6.07) is 6.94. The van der Waals surface area contributed by atoms with Crippen molar-refractivity contribution in [2.45, 2.75) is 105 Å². The molecule has 0 N–H and O–H groups in total. The second-order valence-electron chi connectivity index (χ2n) is 8.50. The average Bonchev–Trinajstić information content (AvgIpc) is 2.74. The number of para-hydroxylation sites is 2. The normalized spacial score (nSPS) is 12.9. The number of carbonyl (C=O) groups excluding carboxylic acids is 2. The Morgan fingerprint density at radius 2 is 1.03 bits per heavy atom. The zero-order valence-corrected chi connectivity index (χ0v) is 19.6. The molecule has 0 heterocycles. The quantitative estimate of drug-likeness (QED) is 0.158. The van der Waals surface area contributed by atoms with Crippen LogP contribution in [0.15, 0.2) is 24.3 Å². The van der Waals surface area contributed by atoms with Crippen molar-refractivity contribution in [1.29, 1.82) is 0 Å². The molecule has 0 aromatic heterocycles. The van der Waals surface area contributed by atoms with E-state index in [2.05, 4.69) is 13.8 Å². The fraction of sp³-hybridized carbons (Fsp3) is 0.692. The second kappa shape index (κ2) is 15.9. The van der Waals surface area contributed by atoms with E-state index in [-0.39, 0.29) is 23.8 Å². The molecule has 2 unspecified atom stereocenters. The predicted molar refractivity (Wildman–Crippen MR) is 123 cm³/mol. The highest BCUT2D eigenvalue weighted by molar-refractivity contribution is 5.78. The minimum atomic E-state index is -0.266. The van der Waals surface area contributed by atoms with Crippen molar-refractivity contribution in [3.63, 3.8) is 0 Å². The summed E-state index contributed by atoms with van der Waals surface area (Å²) in [5.74, 6) is -0.224. The van der Waals surface area contributed by atoms with Gasteiger partial charge in [-0.05, 0) is 25.0 Å². The van der Waals surface area contributed by atoms with Crippen molar-refractivity contribution in [3.05, 3.63) is 24.3 Å². The second-order valence-corrected chi connectivity index (χ2v) is 8.50. The van der Waals surface area contributed by atoms with E-state index in [1.165, 1.54) is 38.5 Å². The van der Waals surface area contributed by atoms with Crippen molar-refractivity contribution < 1.29 is 19.1 Å². The summed E-state index contributed by atoms with van der Waals surface area (Å²) in [5, 5.41) is 0. The predicted octanol–water partition coefficient (Wildman–Crippen LogP) is 7.49. The topological polar surface area (TPSA) is 52.6 Å². The number of hydrogen-bond acceptors (Lipinski definition) is 4. The third-order valence-corrected chi connectivity index (χ3v) is 5.56. The molecule has 0 amide bonds. The van der Waals surface area contributed by atoms with Gasteiger partial charge in [0.25, 0.3) is 0 Å². The van der Waals surface area contributed by atoms with E-state index < -0.39 is 0 Å². The number of hydrogen-bond donors (Lipinski definition) is 0. The minimum Gasteiger partial charge on any atom is -0.422 e. The lowest BCUT2D eigenvalue weighted by Crippen LogP contribution is -2.20. The molecule has 1 aromatic carbocycles. The summed E-state index contributed by atoms with van der Waals surface area (Å²) in [5.41, 5.74) is 0. The largest absolute Gasteiger partial charge is 0.422 e. The van der Waals surface area contributed by atoms with Gasteiger partial charge in [0.1, 0.15) is 0 Å². The van der Waals surface area contributed by atoms with Crippen LogP contribution in [0, 0.1) is 11.8 Å². The molecule has 4 heteroatoms. The van der Waals surface area contributed by atoms with Gasteiger partial charge < -0.3 is 9.47 Å². The first-order valence-corrected chi connectivity index (χ1v) is 12.0. The number of ether oxygens (including phenoxy) is 2. The molecule has 0 saturated carbocycles. The van der Waals surface area contributed by atoms with Gasteiger partial charge in [0.15, 0.2) is 11.5 Å². The van der Waals surface area contributed by atoms with E-state index in [1.54, 1.807) is 24.3 Å². The zero-order valence-electron chi connectivity index (χ0n) is 19.6. The highest BCUT2D eigenvalue weighted by Crippen LogP contribution is 2.29. The smallest absolute Gasteiger partial charge is 0.314 e. The maximum atomic E-state index is 12.5. The van der Waals surface area contributed by atoms with E-state index >= 15 is 0 Å². The molecular weight excluding hydrogens is 376 g/mol. The number of esters is 2. The first-order chi connectivity index (χ1) is 14.5. The SMILES string of the molecule is CCCCCCCC(C)C(=O)Oc1ccccc1OC(=O)C(C)CCCCCCC. The summed E-state index contributed by atoms with van der Waals surface area (Å²) in [6.45, 7) is 8.19. The van der Waals surface area contributed by atoms with Gasteiger partial charge in [-0.2, -0.15) is 0 Å². The van der Waals surface area contributed by atoms with Gasteiger partial charge in [0, 0.05) is 0 Å². The van der Waals surface area contributed by atoms with Crippen molar-refractivity contribution in [1.82, 2.24) is 0 Å². The molecule has 2 atom stereocenters. The van der Waals surface area contributed by atoms with Gasteiger partial charge in [0.2, 0.25) is 0 Å². The molecule has 0 fully saturated rings. The third kappa shape index (κ3) is 10.8. The van der Waals surface area contributed by atoms with Crippen LogP contribution in [-0.4, -0.2) is 11.9 Å². The molecule has 4 nitrogen and oxygen atoms in total. The van der Waals surface area contributed by atoms with E-state index in [4.69, 9.17) is 9.47 Å². The first kappa shape index (κ1) is 26.2. The van der Waals surface area contributed by atoms with Crippen molar-refractivity contribution in [3.8, 4) is 11.5 Å². The Balaban J connectivity index is 2.50. The van der Waals surface area contributed by atoms with Gasteiger partial charge in [-0.3, -0.25) is 9.59 Å². The number of unbranched alkanes of at least 4 members (excludes halogenated alkanes) is 8. The number of carbonyl (C=O) groups is 2. The molecule has 30 heavy (non-hydrogen) atoms. The van der Waals surface area contributed by atoms with E-state index in [0.717, 1.165) is 38.5 Å². The Labute approximate surface area is 183 Å². The molecule has 1 aromatic rings. The van der Waals surface area contributed by atoms with Gasteiger partial charge in [-0.1, -0.05) is 104 Å². The molecule has 0 radical (unpaired) electrons. The van der Waals surface area contributed by atoms with Gasteiger partial charge >= 0.3 is 11.9 Å². The lowest BCUT2D eigenvalue weighted by molar-refractivity contribution is -0.141. The Morgan fingerprint density at radius 1 is 0.667 bits per heavy atom. The zero-order chi connectivity index (χ0) is 22.2. The fourth-order valence-corrected chi connectivity index (χ4v) is 3.38. The molecule has 0 aliphatic carbocycles. The lowest BCUT2D eigenvalue weighted by Gasteiger charge is -2.15. The Bertz CT molecular complexity index is 558. The molecule has 170 valence electrons. The highest BCUT2D eigenvalue weighted by Gasteiger charge is 2.20. The van der Waals surface area contributed by atoms with Crippen LogP contribution in [0.4, 0.5) is 0 Å². The highest BCUT2D eigenvalue weighted by atomic mass is 16.6. The van der Waals surface area contributed by atoms with Crippen molar-refractivity contribution in [2.24, 2.45) is 11.8 Å². The van der Waals surface area contributed by atoms with Crippen LogP contribution in [0.2, 0.25) is 0 Å². The summed E-state index contributed by atoms with van der Waals surface area (Å²) in [4.78, 5) is 24.9. The standard InChI is InChI=1S/C26H42O4/c1-5-7-9-11-13-17-21(3)25(27)29-23-19-15-16-20-24(23)30-26(28)22(4)18-14-12-10-8-6-2/h15-16,19-22H,5-14,17-18H2,1-4H3. The first-order valence-electron chi connectivity index (χ1n) is 12.0. The van der Waals surface area contributed by atoms with E-state index in [9.17, 15) is 9.59 Å². The Hall–Kier alpha value is -1.84. The summed E-state index contributed by atoms with van der Waals surface area (Å²) in [6.07, 6.45) is 13.3. The van der Waals surface area contributed by atoms with Crippen molar-refractivity contribution >= 4 is 11.9 Å². The van der Waals surface area contributed by atoms with Gasteiger partial charge in [-0.15, -0.1) is 0 Å². The summed E-state index contributed by atoms with van der Waals surface area (Å²) < 4.78 is 11.2. The van der Waals surface area contributed by atoms with Gasteiger partial charge in [0.05, 0.1) is 11.8 Å². The summed E-state index contributed by atoms with van der Waals surface area (Å²) in [7, 11) is 0. The molecule has 1 rings (SSSR count). The van der Waals surface area contributed by atoms with Crippen LogP contribution in [0.25, 0.3) is 0 Å². The molecule has 0 spiro atoms. The molecule has 0 bridgehead atoms. The lowest BCUT2D eigenvalue weighted by atomic mass is 10.0. The van der Waals surface area contributed by atoms with Crippen LogP contribution >= 0.6 is 0 Å². The van der Waals surface area contributed by atoms with Crippen LogP contribution in [0.1, 0.15) is 105 Å². The van der Waals surface area contributed by atoms with Crippen LogP contribution in [0.3, 0.4) is 0 Å². The maximum Gasteiger partial charge on any atom is 0.314 e. The number of benzene rings is 1. The fourth-order valence-electron chi connectivity index (χ4n) is 3.38. The monoisotopic (exact) mass is 418 g/mol. The average molecular weight is 419 g/mol. The van der Waals surface area contributed by atoms with Crippen LogP contribution in [0.5, 0.6) is 11.5 Å². The minimum absolute atomic E-state index is 0.169. The van der Waals surface area contributed by atoms with Crippen LogP contribution in [-0.2, 0) is 9.59 Å². The molecule has 0 saturated heterocycles. The van der Waals surface area contributed by atoms with Crippen LogP contribution < -0.4 is 9.47 Å². The number of rotatable bonds is 16. The van der Waals surface area contributed by atoms with E-state index in [0.29, 0.717) is 11.5 Å². The molecular formula is C26H42O4. The molecule has 0 aliphatic rings. The third-order valence-electron chi connectivity index (χ3n) is 5.56. The Morgan fingerprint density at radius 3 is 1.40 bits per heavy atom. The van der Waals surface area contributed by atoms with Gasteiger partial charge in [-0.25, -0.2) is 0 Å². The van der Waals surface area contributed by atoms with Crippen molar-refractivity contribution in [2.75, 3.05) is 0 Å². The maximum absolute atomic E-state index is 12.5. The summed E-state index contributed by atoms with van der Waals surface area (Å²) >= 11 is 0. The Kier molecular flexibility index (Phi) is 13.9. The van der Waals surface area contributed by atoms with E-state index in [1.807, 2.05) is 13.8 Å². The molecule has 0 aliphatic heterocycles.